The number of piperazine rings is 1. The molecule has 2 aliphatic rings. The Kier molecular flexibility index (Phi) is 7.34. The zero-order valence-corrected chi connectivity index (χ0v) is 15.2. The molecular weight excluding hydrogens is 326 g/mol. The van der Waals surface area contributed by atoms with Gasteiger partial charge in [0, 0.05) is 50.9 Å². The first-order valence-electron chi connectivity index (χ1n) is 8.66. The van der Waals surface area contributed by atoms with Crippen molar-refractivity contribution in [3.8, 4) is 5.75 Å². The number of amides is 1. The van der Waals surface area contributed by atoms with E-state index in [1.165, 1.54) is 0 Å². The molecule has 2 aliphatic heterocycles. The molecule has 1 unspecified atom stereocenters. The number of para-hydroxylation sites is 1. The lowest BCUT2D eigenvalue weighted by Gasteiger charge is -2.32. The SMILES string of the molecule is CC1CN(Cc2ccccc2OCC(=O)N2CCCC2)CCN1.Cl. The number of carbonyl (C=O) groups is 1. The van der Waals surface area contributed by atoms with Gasteiger partial charge in [0.25, 0.3) is 5.91 Å². The van der Waals surface area contributed by atoms with Crippen molar-refractivity contribution in [2.24, 2.45) is 0 Å². The highest BCUT2D eigenvalue weighted by Gasteiger charge is 2.20. The topological polar surface area (TPSA) is 44.8 Å². The average Bonchev–Trinajstić information content (AvgIpc) is 3.08. The second-order valence-corrected chi connectivity index (χ2v) is 6.57. The molecule has 5 nitrogen and oxygen atoms in total. The molecule has 2 fully saturated rings. The number of nitrogens with one attached hydrogen (secondary N) is 1. The lowest BCUT2D eigenvalue weighted by molar-refractivity contribution is -0.132. The fourth-order valence-corrected chi connectivity index (χ4v) is 3.37. The van der Waals surface area contributed by atoms with E-state index in [-0.39, 0.29) is 24.9 Å². The Morgan fingerprint density at radius 1 is 1.25 bits per heavy atom. The van der Waals surface area contributed by atoms with Crippen molar-refractivity contribution in [2.75, 3.05) is 39.3 Å². The van der Waals surface area contributed by atoms with Gasteiger partial charge in [0.05, 0.1) is 0 Å². The average molecular weight is 354 g/mol. The number of likely N-dealkylation sites (tertiary alicyclic amines) is 1. The molecular formula is C18H28ClN3O2. The van der Waals surface area contributed by atoms with Gasteiger partial charge >= 0.3 is 0 Å². The normalized spacial score (nSPS) is 21.4. The van der Waals surface area contributed by atoms with Crippen LogP contribution >= 0.6 is 12.4 Å². The van der Waals surface area contributed by atoms with E-state index in [9.17, 15) is 4.79 Å². The molecule has 0 aliphatic carbocycles. The predicted octanol–water partition coefficient (Wildman–Crippen LogP) is 1.90. The molecule has 2 heterocycles. The summed E-state index contributed by atoms with van der Waals surface area (Å²) in [6.07, 6.45) is 2.23. The van der Waals surface area contributed by atoms with Gasteiger partial charge in [-0.15, -0.1) is 12.4 Å². The van der Waals surface area contributed by atoms with E-state index < -0.39 is 0 Å². The molecule has 134 valence electrons. The van der Waals surface area contributed by atoms with E-state index in [0.29, 0.717) is 6.04 Å². The monoisotopic (exact) mass is 353 g/mol. The van der Waals surface area contributed by atoms with Crippen LogP contribution in [0.2, 0.25) is 0 Å². The molecule has 1 N–H and O–H groups in total. The number of nitrogens with zero attached hydrogens (tertiary/aromatic N) is 2. The smallest absolute Gasteiger partial charge is 0.260 e. The largest absolute Gasteiger partial charge is 0.483 e. The second kappa shape index (κ2) is 9.25. The van der Waals surface area contributed by atoms with E-state index in [2.05, 4.69) is 23.2 Å². The number of halogens is 1. The number of hydrogen-bond acceptors (Lipinski definition) is 4. The van der Waals surface area contributed by atoms with Crippen LogP contribution in [0.5, 0.6) is 5.75 Å². The minimum atomic E-state index is 0. The van der Waals surface area contributed by atoms with E-state index >= 15 is 0 Å². The molecule has 3 rings (SSSR count). The third-order valence-corrected chi connectivity index (χ3v) is 4.63. The van der Waals surface area contributed by atoms with Crippen molar-refractivity contribution < 1.29 is 9.53 Å². The van der Waals surface area contributed by atoms with Gasteiger partial charge < -0.3 is 15.0 Å². The number of carbonyl (C=O) groups excluding carboxylic acids is 1. The summed E-state index contributed by atoms with van der Waals surface area (Å²) in [5.74, 6) is 0.944. The third kappa shape index (κ3) is 5.10. The van der Waals surface area contributed by atoms with Crippen molar-refractivity contribution in [1.82, 2.24) is 15.1 Å². The van der Waals surface area contributed by atoms with E-state index in [4.69, 9.17) is 4.74 Å². The third-order valence-electron chi connectivity index (χ3n) is 4.63. The predicted molar refractivity (Wildman–Crippen MR) is 97.7 cm³/mol. The Morgan fingerprint density at radius 3 is 2.75 bits per heavy atom. The Balaban J connectivity index is 0.00000208. The van der Waals surface area contributed by atoms with Crippen LogP contribution in [0.1, 0.15) is 25.3 Å². The van der Waals surface area contributed by atoms with Crippen LogP contribution in [-0.2, 0) is 11.3 Å². The maximum absolute atomic E-state index is 12.1. The highest BCUT2D eigenvalue weighted by molar-refractivity contribution is 5.85. The van der Waals surface area contributed by atoms with Gasteiger partial charge in [0.1, 0.15) is 5.75 Å². The molecule has 0 spiro atoms. The van der Waals surface area contributed by atoms with Crippen LogP contribution in [0.4, 0.5) is 0 Å². The second-order valence-electron chi connectivity index (χ2n) is 6.57. The minimum Gasteiger partial charge on any atom is -0.483 e. The van der Waals surface area contributed by atoms with Crippen molar-refractivity contribution in [1.29, 1.82) is 0 Å². The summed E-state index contributed by atoms with van der Waals surface area (Å²) in [4.78, 5) is 16.5. The van der Waals surface area contributed by atoms with Gasteiger partial charge in [-0.05, 0) is 25.8 Å². The van der Waals surface area contributed by atoms with Crippen LogP contribution in [0, 0.1) is 0 Å². The molecule has 0 saturated carbocycles. The van der Waals surface area contributed by atoms with Crippen molar-refractivity contribution >= 4 is 18.3 Å². The van der Waals surface area contributed by atoms with Crippen LogP contribution in [0.3, 0.4) is 0 Å². The van der Waals surface area contributed by atoms with Crippen LogP contribution in [-0.4, -0.2) is 61.1 Å². The van der Waals surface area contributed by atoms with Crippen molar-refractivity contribution in [3.05, 3.63) is 29.8 Å². The van der Waals surface area contributed by atoms with Crippen LogP contribution in [0.15, 0.2) is 24.3 Å². The summed E-state index contributed by atoms with van der Waals surface area (Å²) in [7, 11) is 0. The Labute approximate surface area is 150 Å². The molecule has 24 heavy (non-hydrogen) atoms. The Bertz CT molecular complexity index is 535. The zero-order chi connectivity index (χ0) is 16.1. The Hall–Kier alpha value is -1.30. The summed E-state index contributed by atoms with van der Waals surface area (Å²) in [5.41, 5.74) is 1.16. The maximum atomic E-state index is 12.1. The summed E-state index contributed by atoms with van der Waals surface area (Å²) in [6, 6.07) is 8.60. The summed E-state index contributed by atoms with van der Waals surface area (Å²) < 4.78 is 5.85. The summed E-state index contributed by atoms with van der Waals surface area (Å²) in [6.45, 7) is 8.10. The first kappa shape index (κ1) is 19.0. The van der Waals surface area contributed by atoms with Gasteiger partial charge in [-0.3, -0.25) is 9.69 Å². The van der Waals surface area contributed by atoms with Gasteiger partial charge in [-0.25, -0.2) is 0 Å². The molecule has 2 saturated heterocycles. The number of hydrogen-bond donors (Lipinski definition) is 1. The fourth-order valence-electron chi connectivity index (χ4n) is 3.37. The van der Waals surface area contributed by atoms with Gasteiger partial charge in [-0.2, -0.15) is 0 Å². The highest BCUT2D eigenvalue weighted by Crippen LogP contribution is 2.21. The molecule has 1 aromatic rings. The molecule has 0 bridgehead atoms. The molecule has 1 atom stereocenters. The lowest BCUT2D eigenvalue weighted by atomic mass is 10.1. The van der Waals surface area contributed by atoms with Crippen LogP contribution in [0.25, 0.3) is 0 Å². The van der Waals surface area contributed by atoms with Crippen molar-refractivity contribution in [2.45, 2.75) is 32.4 Å². The quantitative estimate of drug-likeness (QED) is 0.878. The molecule has 0 aromatic heterocycles. The van der Waals surface area contributed by atoms with Gasteiger partial charge in [0.2, 0.25) is 0 Å². The molecule has 1 aromatic carbocycles. The van der Waals surface area contributed by atoms with E-state index in [1.807, 2.05) is 23.1 Å². The Morgan fingerprint density at radius 2 is 2.00 bits per heavy atom. The van der Waals surface area contributed by atoms with Gasteiger partial charge in [-0.1, -0.05) is 18.2 Å². The standard InChI is InChI=1S/C18H27N3O2.ClH/c1-15-12-20(11-8-19-15)13-16-6-2-3-7-17(16)23-14-18(22)21-9-4-5-10-21;/h2-3,6-7,15,19H,4-5,8-14H2,1H3;1H. The summed E-state index contributed by atoms with van der Waals surface area (Å²) in [5, 5.41) is 3.46. The number of benzene rings is 1. The molecule has 0 radical (unpaired) electrons. The summed E-state index contributed by atoms with van der Waals surface area (Å²) >= 11 is 0. The molecule has 6 heteroatoms. The van der Waals surface area contributed by atoms with Crippen molar-refractivity contribution in [3.63, 3.8) is 0 Å². The minimum absolute atomic E-state index is 0. The first-order valence-corrected chi connectivity index (χ1v) is 8.66. The van der Waals surface area contributed by atoms with Gasteiger partial charge in [0.15, 0.2) is 6.61 Å². The van der Waals surface area contributed by atoms with Crippen LogP contribution < -0.4 is 10.1 Å². The fraction of sp³-hybridized carbons (Fsp3) is 0.611. The van der Waals surface area contributed by atoms with E-state index in [0.717, 1.165) is 63.4 Å². The number of rotatable bonds is 5. The number of ether oxygens (including phenoxy) is 1. The maximum Gasteiger partial charge on any atom is 0.260 e. The molecule has 1 amide bonds. The zero-order valence-electron chi connectivity index (χ0n) is 14.4. The highest BCUT2D eigenvalue weighted by atomic mass is 35.5. The first-order chi connectivity index (χ1) is 11.2. The lowest BCUT2D eigenvalue weighted by Crippen LogP contribution is -2.48. The van der Waals surface area contributed by atoms with E-state index in [1.54, 1.807) is 0 Å².